The summed E-state index contributed by atoms with van der Waals surface area (Å²) in [5, 5.41) is 13.9. The molecule has 4 heteroatoms. The van der Waals surface area contributed by atoms with E-state index in [4.69, 9.17) is 21.1 Å². The van der Waals surface area contributed by atoms with E-state index in [2.05, 4.69) is 5.32 Å². The van der Waals surface area contributed by atoms with Crippen LogP contribution in [0, 0.1) is 0 Å². The fourth-order valence-electron chi connectivity index (χ4n) is 2.33. The van der Waals surface area contributed by atoms with E-state index < -0.39 is 0 Å². The smallest absolute Gasteiger partial charge is 0.199 e. The van der Waals surface area contributed by atoms with E-state index in [-0.39, 0.29) is 6.61 Å². The summed E-state index contributed by atoms with van der Waals surface area (Å²) in [6, 6.07) is 15.7. The number of fused-ring (bicyclic) bond motifs is 1. The molecule has 3 aromatic rings. The molecule has 0 bridgehead atoms. The van der Waals surface area contributed by atoms with Gasteiger partial charge in [0.2, 0.25) is 0 Å². The molecule has 1 heterocycles. The predicted molar refractivity (Wildman–Crippen MR) is 84.1 cm³/mol. The second kappa shape index (κ2) is 6.31. The Bertz CT molecular complexity index is 734. The van der Waals surface area contributed by atoms with Crippen LogP contribution < -0.4 is 5.32 Å². The summed E-state index contributed by atoms with van der Waals surface area (Å²) in [6.07, 6.45) is 0. The molecular weight excluding hydrogens is 286 g/mol. The lowest BCUT2D eigenvalue weighted by Crippen LogP contribution is -2.12. The van der Waals surface area contributed by atoms with E-state index in [1.54, 1.807) is 0 Å². The van der Waals surface area contributed by atoms with Crippen LogP contribution in [0.25, 0.3) is 11.0 Å². The highest BCUT2D eigenvalue weighted by molar-refractivity contribution is 6.30. The van der Waals surface area contributed by atoms with Gasteiger partial charge in [0, 0.05) is 24.0 Å². The van der Waals surface area contributed by atoms with Crippen LogP contribution in [-0.4, -0.2) is 5.11 Å². The third-order valence-electron chi connectivity index (χ3n) is 3.49. The first-order valence-electron chi connectivity index (χ1n) is 6.83. The van der Waals surface area contributed by atoms with Crippen molar-refractivity contribution >= 4 is 22.6 Å². The molecule has 0 saturated carbocycles. The fraction of sp³-hybridized carbons (Fsp3) is 0.176. The molecule has 0 aliphatic heterocycles. The van der Waals surface area contributed by atoms with E-state index in [1.807, 2.05) is 48.5 Å². The molecule has 3 nitrogen and oxygen atoms in total. The highest BCUT2D eigenvalue weighted by atomic mass is 35.5. The summed E-state index contributed by atoms with van der Waals surface area (Å²) in [7, 11) is 0. The molecule has 0 aliphatic carbocycles. The molecule has 0 atom stereocenters. The number of furan rings is 1. The highest BCUT2D eigenvalue weighted by Crippen LogP contribution is 2.29. The molecule has 2 N–H and O–H groups in total. The van der Waals surface area contributed by atoms with Gasteiger partial charge in [0.15, 0.2) is 5.22 Å². The van der Waals surface area contributed by atoms with Gasteiger partial charge >= 0.3 is 0 Å². The molecular formula is C17H16ClNO2. The quantitative estimate of drug-likeness (QED) is 0.752. The lowest BCUT2D eigenvalue weighted by molar-refractivity contribution is 0.282. The van der Waals surface area contributed by atoms with Gasteiger partial charge in [-0.3, -0.25) is 0 Å². The average Bonchev–Trinajstić information content (AvgIpc) is 2.84. The van der Waals surface area contributed by atoms with Crippen molar-refractivity contribution in [1.29, 1.82) is 0 Å². The maximum Gasteiger partial charge on any atom is 0.199 e. The van der Waals surface area contributed by atoms with Gasteiger partial charge in [-0.05, 0) is 28.8 Å². The molecule has 0 radical (unpaired) electrons. The summed E-state index contributed by atoms with van der Waals surface area (Å²) in [6.45, 7) is 1.46. The lowest BCUT2D eigenvalue weighted by atomic mass is 10.1. The molecule has 2 aromatic carbocycles. The van der Waals surface area contributed by atoms with Crippen molar-refractivity contribution in [2.45, 2.75) is 19.7 Å². The zero-order valence-corrected chi connectivity index (χ0v) is 12.2. The van der Waals surface area contributed by atoms with Crippen LogP contribution in [-0.2, 0) is 19.7 Å². The average molecular weight is 302 g/mol. The second-order valence-electron chi connectivity index (χ2n) is 4.93. The molecule has 0 aliphatic rings. The number of aliphatic hydroxyl groups is 1. The standard InChI is InChI=1S/C17H16ClNO2/c18-17-15(14-3-1-2-4-16(14)21-17)10-19-9-12-5-7-13(11-20)8-6-12/h1-8,19-20H,9-11H2. The monoisotopic (exact) mass is 301 g/mol. The minimum atomic E-state index is 0.0737. The number of aliphatic hydroxyl groups excluding tert-OH is 1. The largest absolute Gasteiger partial charge is 0.444 e. The third kappa shape index (κ3) is 3.10. The van der Waals surface area contributed by atoms with Crippen molar-refractivity contribution in [3.63, 3.8) is 0 Å². The van der Waals surface area contributed by atoms with Crippen molar-refractivity contribution in [3.05, 3.63) is 70.4 Å². The van der Waals surface area contributed by atoms with E-state index in [0.29, 0.717) is 11.8 Å². The molecule has 0 unspecified atom stereocenters. The summed E-state index contributed by atoms with van der Waals surface area (Å²) in [5.74, 6) is 0. The van der Waals surface area contributed by atoms with E-state index in [1.165, 1.54) is 0 Å². The maximum absolute atomic E-state index is 9.02. The predicted octanol–water partition coefficient (Wildman–Crippen LogP) is 3.87. The zero-order valence-electron chi connectivity index (χ0n) is 11.5. The van der Waals surface area contributed by atoms with Crippen molar-refractivity contribution in [2.24, 2.45) is 0 Å². The first kappa shape index (κ1) is 14.1. The van der Waals surface area contributed by atoms with Crippen LogP contribution in [0.3, 0.4) is 0 Å². The molecule has 0 fully saturated rings. The van der Waals surface area contributed by atoms with Gasteiger partial charge in [-0.1, -0.05) is 42.5 Å². The summed E-state index contributed by atoms with van der Waals surface area (Å²) in [5.41, 5.74) is 3.88. The Kier molecular flexibility index (Phi) is 4.25. The zero-order chi connectivity index (χ0) is 14.7. The van der Waals surface area contributed by atoms with Gasteiger partial charge in [0.25, 0.3) is 0 Å². The molecule has 0 saturated heterocycles. The number of para-hydroxylation sites is 1. The Morgan fingerprint density at radius 3 is 2.43 bits per heavy atom. The van der Waals surface area contributed by atoms with Crippen molar-refractivity contribution in [2.75, 3.05) is 0 Å². The van der Waals surface area contributed by atoms with Gasteiger partial charge < -0.3 is 14.8 Å². The van der Waals surface area contributed by atoms with Crippen molar-refractivity contribution in [3.8, 4) is 0 Å². The summed E-state index contributed by atoms with van der Waals surface area (Å²) < 4.78 is 5.53. The van der Waals surface area contributed by atoms with Crippen LogP contribution in [0.2, 0.25) is 5.22 Å². The topological polar surface area (TPSA) is 45.4 Å². The number of halogens is 1. The molecule has 108 valence electrons. The normalized spacial score (nSPS) is 11.1. The van der Waals surface area contributed by atoms with Gasteiger partial charge in [-0.15, -0.1) is 0 Å². The first-order chi connectivity index (χ1) is 10.3. The number of rotatable bonds is 5. The van der Waals surface area contributed by atoms with Gasteiger partial charge in [-0.2, -0.15) is 0 Å². The Hall–Kier alpha value is -1.81. The number of hydrogen-bond donors (Lipinski definition) is 2. The fourth-order valence-corrected chi connectivity index (χ4v) is 2.58. The second-order valence-corrected chi connectivity index (χ2v) is 5.27. The Balaban J connectivity index is 1.67. The van der Waals surface area contributed by atoms with Crippen LogP contribution in [0.4, 0.5) is 0 Å². The van der Waals surface area contributed by atoms with E-state index >= 15 is 0 Å². The minimum Gasteiger partial charge on any atom is -0.444 e. The van der Waals surface area contributed by atoms with Crippen LogP contribution in [0.15, 0.2) is 52.9 Å². The molecule has 3 rings (SSSR count). The SMILES string of the molecule is OCc1ccc(CNCc2c(Cl)oc3ccccc23)cc1. The molecule has 1 aromatic heterocycles. The third-order valence-corrected chi connectivity index (χ3v) is 3.79. The Morgan fingerprint density at radius 2 is 1.67 bits per heavy atom. The summed E-state index contributed by atoms with van der Waals surface area (Å²) >= 11 is 6.15. The first-order valence-corrected chi connectivity index (χ1v) is 7.21. The molecule has 21 heavy (non-hydrogen) atoms. The van der Waals surface area contributed by atoms with E-state index in [9.17, 15) is 0 Å². The molecule has 0 spiro atoms. The van der Waals surface area contributed by atoms with Crippen molar-refractivity contribution < 1.29 is 9.52 Å². The van der Waals surface area contributed by atoms with Gasteiger partial charge in [-0.25, -0.2) is 0 Å². The van der Waals surface area contributed by atoms with E-state index in [0.717, 1.165) is 34.2 Å². The highest BCUT2D eigenvalue weighted by Gasteiger charge is 2.11. The number of nitrogens with one attached hydrogen (secondary N) is 1. The van der Waals surface area contributed by atoms with Crippen LogP contribution in [0.1, 0.15) is 16.7 Å². The van der Waals surface area contributed by atoms with Crippen LogP contribution >= 0.6 is 11.6 Å². The lowest BCUT2D eigenvalue weighted by Gasteiger charge is -2.05. The summed E-state index contributed by atoms with van der Waals surface area (Å²) in [4.78, 5) is 0. The van der Waals surface area contributed by atoms with Gasteiger partial charge in [0.1, 0.15) is 5.58 Å². The number of benzene rings is 2. The minimum absolute atomic E-state index is 0.0737. The maximum atomic E-state index is 9.02. The van der Waals surface area contributed by atoms with Gasteiger partial charge in [0.05, 0.1) is 6.61 Å². The Morgan fingerprint density at radius 1 is 0.952 bits per heavy atom. The number of hydrogen-bond acceptors (Lipinski definition) is 3. The van der Waals surface area contributed by atoms with Crippen molar-refractivity contribution in [1.82, 2.24) is 5.32 Å². The Labute approximate surface area is 128 Å². The molecule has 0 amide bonds. The van der Waals surface area contributed by atoms with Crippen LogP contribution in [0.5, 0.6) is 0 Å².